The van der Waals surface area contributed by atoms with Crippen molar-refractivity contribution in [2.24, 2.45) is 0 Å². The van der Waals surface area contributed by atoms with E-state index in [1.54, 1.807) is 12.5 Å². The number of rotatable bonds is 4. The molecular formula is C40H25N3O. The van der Waals surface area contributed by atoms with Crippen LogP contribution in [0, 0.1) is 0 Å². The Bertz CT molecular complexity index is 2430. The van der Waals surface area contributed by atoms with E-state index >= 15 is 0 Å². The minimum atomic E-state index is 0.613. The Morgan fingerprint density at radius 1 is 0.455 bits per heavy atom. The molecule has 4 nitrogen and oxygen atoms in total. The quantitative estimate of drug-likeness (QED) is 0.214. The van der Waals surface area contributed by atoms with Crippen molar-refractivity contribution in [2.75, 3.05) is 0 Å². The molecule has 0 atom stereocenters. The number of aromatic nitrogens is 3. The van der Waals surface area contributed by atoms with E-state index in [1.165, 1.54) is 21.5 Å². The van der Waals surface area contributed by atoms with Gasteiger partial charge in [-0.3, -0.25) is 4.57 Å². The van der Waals surface area contributed by atoms with Crippen molar-refractivity contribution in [1.29, 1.82) is 0 Å². The summed E-state index contributed by atoms with van der Waals surface area (Å²) in [4.78, 5) is 10.4. The van der Waals surface area contributed by atoms with Crippen LogP contribution in [0.3, 0.4) is 0 Å². The van der Waals surface area contributed by atoms with E-state index < -0.39 is 0 Å². The Morgan fingerprint density at radius 2 is 1.09 bits per heavy atom. The lowest BCUT2D eigenvalue weighted by molar-refractivity contribution is 0.572. The Labute approximate surface area is 253 Å². The molecule has 0 amide bonds. The molecule has 0 N–H and O–H groups in total. The van der Waals surface area contributed by atoms with Crippen molar-refractivity contribution in [1.82, 2.24) is 14.5 Å². The topological polar surface area (TPSA) is 43.9 Å². The van der Waals surface area contributed by atoms with Gasteiger partial charge in [0.2, 0.25) is 5.95 Å². The SMILES string of the molecule is c1ccc(-c2cc(-c3ccccc3)cc(-c3nc(-n4c5ccccc5c5c6ccccc6ccc54)nc4cocc34)c2)cc1. The first kappa shape index (κ1) is 24.6. The number of furan rings is 1. The third-order valence-electron chi connectivity index (χ3n) is 8.51. The van der Waals surface area contributed by atoms with Gasteiger partial charge in [-0.1, -0.05) is 109 Å². The highest BCUT2D eigenvalue weighted by atomic mass is 16.3. The second-order valence-corrected chi connectivity index (χ2v) is 11.1. The molecule has 0 aliphatic rings. The minimum Gasteiger partial charge on any atom is -0.470 e. The van der Waals surface area contributed by atoms with Crippen LogP contribution in [-0.2, 0) is 0 Å². The second-order valence-electron chi connectivity index (χ2n) is 11.1. The molecule has 0 aliphatic heterocycles. The van der Waals surface area contributed by atoms with E-state index in [1.807, 2.05) is 12.1 Å². The molecule has 0 saturated carbocycles. The zero-order valence-corrected chi connectivity index (χ0v) is 23.7. The molecule has 3 aromatic heterocycles. The van der Waals surface area contributed by atoms with E-state index in [0.717, 1.165) is 55.4 Å². The van der Waals surface area contributed by atoms with E-state index in [0.29, 0.717) is 5.95 Å². The summed E-state index contributed by atoms with van der Waals surface area (Å²) in [5.74, 6) is 0.613. The molecule has 0 bridgehead atoms. The van der Waals surface area contributed by atoms with Crippen molar-refractivity contribution in [3.8, 4) is 39.5 Å². The van der Waals surface area contributed by atoms with Crippen molar-refractivity contribution in [3.05, 3.63) is 152 Å². The molecule has 9 aromatic rings. The summed E-state index contributed by atoms with van der Waals surface area (Å²) in [6, 6.07) is 49.1. The monoisotopic (exact) mass is 563 g/mol. The fourth-order valence-corrected chi connectivity index (χ4v) is 6.48. The molecule has 0 fully saturated rings. The Hall–Kier alpha value is -6.00. The molecule has 9 rings (SSSR count). The molecule has 4 heteroatoms. The normalized spacial score (nSPS) is 11.6. The molecule has 3 heterocycles. The minimum absolute atomic E-state index is 0.613. The lowest BCUT2D eigenvalue weighted by atomic mass is 9.94. The van der Waals surface area contributed by atoms with Crippen LogP contribution in [0.15, 0.2) is 156 Å². The van der Waals surface area contributed by atoms with Gasteiger partial charge < -0.3 is 4.42 Å². The van der Waals surface area contributed by atoms with Gasteiger partial charge in [0.15, 0.2) is 0 Å². The third kappa shape index (κ3) is 3.85. The van der Waals surface area contributed by atoms with Crippen molar-refractivity contribution in [3.63, 3.8) is 0 Å². The number of hydrogen-bond acceptors (Lipinski definition) is 3. The molecule has 206 valence electrons. The molecule has 0 radical (unpaired) electrons. The first-order valence-corrected chi connectivity index (χ1v) is 14.7. The second kappa shape index (κ2) is 9.79. The van der Waals surface area contributed by atoms with Crippen LogP contribution in [0.2, 0.25) is 0 Å². The summed E-state index contributed by atoms with van der Waals surface area (Å²) >= 11 is 0. The van der Waals surface area contributed by atoms with Crippen molar-refractivity contribution >= 4 is 43.5 Å². The Morgan fingerprint density at radius 3 is 1.84 bits per heavy atom. The van der Waals surface area contributed by atoms with Gasteiger partial charge in [0.1, 0.15) is 18.0 Å². The highest BCUT2D eigenvalue weighted by Gasteiger charge is 2.20. The molecule has 6 aromatic carbocycles. The highest BCUT2D eigenvalue weighted by Crippen LogP contribution is 2.39. The maximum absolute atomic E-state index is 5.75. The van der Waals surface area contributed by atoms with Crippen LogP contribution in [-0.4, -0.2) is 14.5 Å². The van der Waals surface area contributed by atoms with Gasteiger partial charge in [0.05, 0.1) is 22.1 Å². The largest absolute Gasteiger partial charge is 0.470 e. The lowest BCUT2D eigenvalue weighted by Crippen LogP contribution is -2.03. The fraction of sp³-hybridized carbons (Fsp3) is 0. The predicted molar refractivity (Wildman–Crippen MR) is 180 cm³/mol. The highest BCUT2D eigenvalue weighted by molar-refractivity contribution is 6.21. The summed E-state index contributed by atoms with van der Waals surface area (Å²) in [5.41, 5.74) is 9.30. The van der Waals surface area contributed by atoms with E-state index in [9.17, 15) is 0 Å². The summed E-state index contributed by atoms with van der Waals surface area (Å²) in [6.07, 6.45) is 3.47. The van der Waals surface area contributed by atoms with Gasteiger partial charge in [-0.25, -0.2) is 9.97 Å². The molecule has 0 aliphatic carbocycles. The maximum atomic E-state index is 5.75. The molecule has 0 unspecified atom stereocenters. The molecule has 0 saturated heterocycles. The summed E-state index contributed by atoms with van der Waals surface area (Å²) in [5, 5.41) is 5.68. The zero-order chi connectivity index (χ0) is 29.0. The smallest absolute Gasteiger partial charge is 0.235 e. The first-order valence-electron chi connectivity index (χ1n) is 14.7. The van der Waals surface area contributed by atoms with Gasteiger partial charge in [-0.05, 0) is 63.4 Å². The number of benzene rings is 6. The van der Waals surface area contributed by atoms with Crippen molar-refractivity contribution < 1.29 is 4.42 Å². The number of hydrogen-bond donors (Lipinski definition) is 0. The Kier molecular flexibility index (Phi) is 5.47. The fourth-order valence-electron chi connectivity index (χ4n) is 6.48. The average molecular weight is 564 g/mol. The van der Waals surface area contributed by atoms with Gasteiger partial charge in [-0.2, -0.15) is 0 Å². The standard InChI is InChI=1S/C40H25N3O/c1-3-11-26(12-4-1)29-21-30(27-13-5-2-6-14-27)23-31(22-29)39-34-24-44-25-35(34)41-40(42-39)43-36-18-10-9-17-33(36)38-32-16-8-7-15-28(32)19-20-37(38)43/h1-25H. The summed E-state index contributed by atoms with van der Waals surface area (Å²) in [6.45, 7) is 0. The first-order chi connectivity index (χ1) is 21.8. The van der Waals surface area contributed by atoms with Gasteiger partial charge in [0.25, 0.3) is 0 Å². The Balaban J connectivity index is 1.34. The van der Waals surface area contributed by atoms with Gasteiger partial charge in [-0.15, -0.1) is 0 Å². The maximum Gasteiger partial charge on any atom is 0.235 e. The van der Waals surface area contributed by atoms with Crippen LogP contribution in [0.4, 0.5) is 0 Å². The van der Waals surface area contributed by atoms with E-state index in [-0.39, 0.29) is 0 Å². The van der Waals surface area contributed by atoms with Crippen LogP contribution < -0.4 is 0 Å². The molecule has 44 heavy (non-hydrogen) atoms. The van der Waals surface area contributed by atoms with Crippen LogP contribution in [0.5, 0.6) is 0 Å². The van der Waals surface area contributed by atoms with Crippen LogP contribution >= 0.6 is 0 Å². The summed E-state index contributed by atoms with van der Waals surface area (Å²) < 4.78 is 7.94. The summed E-state index contributed by atoms with van der Waals surface area (Å²) in [7, 11) is 0. The van der Waals surface area contributed by atoms with Gasteiger partial charge >= 0.3 is 0 Å². The van der Waals surface area contributed by atoms with Gasteiger partial charge in [0, 0.05) is 16.3 Å². The predicted octanol–water partition coefficient (Wildman–Crippen LogP) is 10.5. The number of nitrogens with zero attached hydrogens (tertiary/aromatic N) is 3. The van der Waals surface area contributed by atoms with E-state index in [4.69, 9.17) is 14.4 Å². The molecular weight excluding hydrogens is 538 g/mol. The lowest BCUT2D eigenvalue weighted by Gasteiger charge is -2.13. The van der Waals surface area contributed by atoms with E-state index in [2.05, 4.69) is 132 Å². The molecule has 0 spiro atoms. The van der Waals surface area contributed by atoms with Crippen LogP contribution in [0.1, 0.15) is 0 Å². The van der Waals surface area contributed by atoms with Crippen molar-refractivity contribution in [2.45, 2.75) is 0 Å². The zero-order valence-electron chi connectivity index (χ0n) is 23.7. The average Bonchev–Trinajstić information content (AvgIpc) is 3.71. The van der Waals surface area contributed by atoms with Crippen LogP contribution in [0.25, 0.3) is 82.9 Å². The number of fused-ring (bicyclic) bond motifs is 6. The third-order valence-corrected chi connectivity index (χ3v) is 8.51. The number of para-hydroxylation sites is 1.